The Bertz CT molecular complexity index is 813. The lowest BCUT2D eigenvalue weighted by atomic mass is 10.3. The molecule has 3 rings (SSSR count). The fraction of sp³-hybridized carbons (Fsp3) is 0. The number of anilines is 1. The zero-order chi connectivity index (χ0) is 14.7. The molecule has 1 heterocycles. The highest BCUT2D eigenvalue weighted by Gasteiger charge is 2.09. The number of hydrogen-bond donors (Lipinski definition) is 2. The summed E-state index contributed by atoms with van der Waals surface area (Å²) in [5.74, 6) is 0.177. The molecule has 0 aliphatic carbocycles. The molecule has 0 amide bonds. The van der Waals surface area contributed by atoms with Crippen LogP contribution in [0.2, 0.25) is 0 Å². The molecule has 102 valence electrons. The minimum absolute atomic E-state index is 0.177. The second-order valence-corrected chi connectivity index (χ2v) is 5.25. The van der Waals surface area contributed by atoms with Gasteiger partial charge < -0.3 is 5.11 Å². The Balaban J connectivity index is 1.89. The molecule has 0 radical (unpaired) electrons. The summed E-state index contributed by atoms with van der Waals surface area (Å²) < 4.78 is 1.01. The van der Waals surface area contributed by atoms with Gasteiger partial charge in [0.15, 0.2) is 10.7 Å². The molecule has 0 saturated heterocycles. The maximum atomic E-state index is 9.23. The lowest BCUT2D eigenvalue weighted by molar-refractivity contribution is 0.475. The summed E-state index contributed by atoms with van der Waals surface area (Å²) in [5, 5.41) is 23.1. The Morgan fingerprint density at radius 2 is 1.95 bits per heavy atom. The van der Waals surface area contributed by atoms with Gasteiger partial charge in [0.1, 0.15) is 11.8 Å². The van der Waals surface area contributed by atoms with E-state index in [1.54, 1.807) is 24.3 Å². The number of hydrazone groups is 1. The van der Waals surface area contributed by atoms with E-state index >= 15 is 0 Å². The summed E-state index contributed by atoms with van der Waals surface area (Å²) in [7, 11) is 0. The van der Waals surface area contributed by atoms with Crippen molar-refractivity contribution in [2.45, 2.75) is 0 Å². The highest BCUT2D eigenvalue weighted by Crippen LogP contribution is 2.22. The van der Waals surface area contributed by atoms with Crippen LogP contribution in [-0.4, -0.2) is 15.8 Å². The number of thiazole rings is 1. The van der Waals surface area contributed by atoms with E-state index in [1.165, 1.54) is 11.3 Å². The topological polar surface area (TPSA) is 81.3 Å². The maximum absolute atomic E-state index is 9.23. The standard InChI is InChI=1S/C15H10N4OS/c16-9-13(19-18-10-5-7-11(20)8-6-10)15-17-12-3-1-2-4-14(12)21-15/h1-8,18,20H. The Morgan fingerprint density at radius 1 is 1.19 bits per heavy atom. The van der Waals surface area contributed by atoms with Gasteiger partial charge in [0.2, 0.25) is 0 Å². The third kappa shape index (κ3) is 2.83. The molecule has 0 unspecified atom stereocenters. The molecule has 0 fully saturated rings. The van der Waals surface area contributed by atoms with Gasteiger partial charge >= 0.3 is 0 Å². The van der Waals surface area contributed by atoms with Gasteiger partial charge in [-0.05, 0) is 36.4 Å². The zero-order valence-electron chi connectivity index (χ0n) is 10.8. The number of nitrogens with one attached hydrogen (secondary N) is 1. The molecule has 5 nitrogen and oxygen atoms in total. The first-order valence-electron chi connectivity index (χ1n) is 6.15. The van der Waals surface area contributed by atoms with E-state index in [2.05, 4.69) is 15.5 Å². The van der Waals surface area contributed by atoms with Crippen LogP contribution in [0, 0.1) is 11.3 Å². The first-order chi connectivity index (χ1) is 10.3. The number of para-hydroxylation sites is 1. The molecule has 0 atom stereocenters. The van der Waals surface area contributed by atoms with Crippen LogP contribution in [0.4, 0.5) is 5.69 Å². The molecular weight excluding hydrogens is 284 g/mol. The van der Waals surface area contributed by atoms with E-state index in [-0.39, 0.29) is 11.5 Å². The number of rotatable bonds is 3. The lowest BCUT2D eigenvalue weighted by Gasteiger charge is -2.00. The number of nitrogens with zero attached hydrogens (tertiary/aromatic N) is 3. The normalized spacial score (nSPS) is 11.3. The molecule has 1 aromatic heterocycles. The number of fused-ring (bicyclic) bond motifs is 1. The molecule has 2 N–H and O–H groups in total. The van der Waals surface area contributed by atoms with Crippen molar-refractivity contribution in [3.8, 4) is 11.8 Å². The fourth-order valence-electron chi connectivity index (χ4n) is 1.75. The smallest absolute Gasteiger partial charge is 0.196 e. The van der Waals surface area contributed by atoms with Crippen LogP contribution in [0.3, 0.4) is 0 Å². The van der Waals surface area contributed by atoms with Crippen molar-refractivity contribution in [2.24, 2.45) is 5.10 Å². The van der Waals surface area contributed by atoms with Crippen molar-refractivity contribution in [1.29, 1.82) is 5.26 Å². The monoisotopic (exact) mass is 294 g/mol. The Labute approximate surface area is 124 Å². The summed E-state index contributed by atoms with van der Waals surface area (Å²) in [6, 6.07) is 16.2. The predicted octanol–water partition coefficient (Wildman–Crippen LogP) is 3.34. The fourth-order valence-corrected chi connectivity index (χ4v) is 2.66. The molecule has 0 saturated carbocycles. The van der Waals surface area contributed by atoms with Crippen LogP contribution in [-0.2, 0) is 0 Å². The van der Waals surface area contributed by atoms with Gasteiger partial charge in [-0.15, -0.1) is 11.3 Å². The van der Waals surface area contributed by atoms with Crippen LogP contribution in [0.25, 0.3) is 10.2 Å². The van der Waals surface area contributed by atoms with E-state index in [0.29, 0.717) is 10.7 Å². The molecule has 0 aliphatic rings. The van der Waals surface area contributed by atoms with Crippen molar-refractivity contribution in [1.82, 2.24) is 4.98 Å². The number of benzene rings is 2. The second kappa shape index (κ2) is 5.61. The van der Waals surface area contributed by atoms with Gasteiger partial charge in [0.25, 0.3) is 0 Å². The molecule has 2 aromatic carbocycles. The third-order valence-electron chi connectivity index (χ3n) is 2.77. The Kier molecular flexibility index (Phi) is 3.50. The Hall–Kier alpha value is -2.91. The van der Waals surface area contributed by atoms with E-state index < -0.39 is 0 Å². The second-order valence-electron chi connectivity index (χ2n) is 4.22. The molecule has 21 heavy (non-hydrogen) atoms. The van der Waals surface area contributed by atoms with Crippen LogP contribution in [0.1, 0.15) is 5.01 Å². The van der Waals surface area contributed by atoms with Crippen molar-refractivity contribution in [2.75, 3.05) is 5.43 Å². The van der Waals surface area contributed by atoms with Gasteiger partial charge in [-0.1, -0.05) is 12.1 Å². The van der Waals surface area contributed by atoms with Crippen molar-refractivity contribution < 1.29 is 5.11 Å². The van der Waals surface area contributed by atoms with E-state index in [0.717, 1.165) is 10.2 Å². The number of phenols is 1. The van der Waals surface area contributed by atoms with Crippen molar-refractivity contribution in [3.05, 3.63) is 53.5 Å². The molecule has 0 spiro atoms. The average molecular weight is 294 g/mol. The van der Waals surface area contributed by atoms with E-state index in [4.69, 9.17) is 0 Å². The molecule has 3 aromatic rings. The number of phenolic OH excluding ortho intramolecular Hbond substituents is 1. The number of aromatic nitrogens is 1. The number of nitriles is 1. The molecule has 0 bridgehead atoms. The quantitative estimate of drug-likeness (QED) is 0.441. The highest BCUT2D eigenvalue weighted by atomic mass is 32.1. The summed E-state index contributed by atoms with van der Waals surface area (Å²) >= 11 is 1.42. The predicted molar refractivity (Wildman–Crippen MR) is 83.5 cm³/mol. The van der Waals surface area contributed by atoms with Crippen LogP contribution in [0.15, 0.2) is 53.6 Å². The highest BCUT2D eigenvalue weighted by molar-refractivity contribution is 7.20. The van der Waals surface area contributed by atoms with Crippen LogP contribution < -0.4 is 5.43 Å². The van der Waals surface area contributed by atoms with Gasteiger partial charge in [-0.2, -0.15) is 10.4 Å². The van der Waals surface area contributed by atoms with Crippen molar-refractivity contribution in [3.63, 3.8) is 0 Å². The minimum atomic E-state index is 0.177. The van der Waals surface area contributed by atoms with Gasteiger partial charge in [-0.3, -0.25) is 5.43 Å². The minimum Gasteiger partial charge on any atom is -0.508 e. The van der Waals surface area contributed by atoms with Crippen molar-refractivity contribution >= 4 is 33.0 Å². The number of hydrogen-bond acceptors (Lipinski definition) is 6. The molecule has 0 aliphatic heterocycles. The largest absolute Gasteiger partial charge is 0.508 e. The Morgan fingerprint density at radius 3 is 2.67 bits per heavy atom. The first kappa shape index (κ1) is 13.1. The van der Waals surface area contributed by atoms with E-state index in [1.807, 2.05) is 30.3 Å². The van der Waals surface area contributed by atoms with E-state index in [9.17, 15) is 10.4 Å². The summed E-state index contributed by atoms with van der Waals surface area (Å²) in [5.41, 5.74) is 4.55. The molecular formula is C15H10N4OS. The summed E-state index contributed by atoms with van der Waals surface area (Å²) in [6.45, 7) is 0. The van der Waals surface area contributed by atoms with Gasteiger partial charge in [-0.25, -0.2) is 4.98 Å². The third-order valence-corrected chi connectivity index (χ3v) is 3.81. The van der Waals surface area contributed by atoms with Crippen LogP contribution >= 0.6 is 11.3 Å². The first-order valence-corrected chi connectivity index (χ1v) is 6.97. The zero-order valence-corrected chi connectivity index (χ0v) is 11.6. The maximum Gasteiger partial charge on any atom is 0.196 e. The number of aromatic hydroxyl groups is 1. The van der Waals surface area contributed by atoms with Gasteiger partial charge in [0.05, 0.1) is 15.9 Å². The SMILES string of the molecule is N#CC(=NNc1ccc(O)cc1)c1nc2ccccc2s1. The lowest BCUT2D eigenvalue weighted by Crippen LogP contribution is -2.01. The van der Waals surface area contributed by atoms with Crippen LogP contribution in [0.5, 0.6) is 5.75 Å². The summed E-state index contributed by atoms with van der Waals surface area (Å²) in [4.78, 5) is 4.40. The average Bonchev–Trinajstić information content (AvgIpc) is 2.93. The van der Waals surface area contributed by atoms with Gasteiger partial charge in [0, 0.05) is 0 Å². The molecule has 6 heteroatoms. The summed E-state index contributed by atoms with van der Waals surface area (Å²) in [6.07, 6.45) is 0.